The van der Waals surface area contributed by atoms with Gasteiger partial charge in [0.05, 0.1) is 5.52 Å². The second kappa shape index (κ2) is 5.85. The van der Waals surface area contributed by atoms with E-state index < -0.39 is 5.97 Å². The molecule has 0 aliphatic heterocycles. The van der Waals surface area contributed by atoms with Crippen LogP contribution in [-0.4, -0.2) is 21.2 Å². The number of pyridine rings is 1. The summed E-state index contributed by atoms with van der Waals surface area (Å²) in [5.41, 5.74) is 1.32. The Morgan fingerprint density at radius 2 is 1.82 bits per heavy atom. The Morgan fingerprint density at radius 3 is 2.45 bits per heavy atom. The van der Waals surface area contributed by atoms with Gasteiger partial charge >= 0.3 is 5.97 Å². The Labute approximate surface area is 148 Å². The molecule has 0 unspecified atom stereocenters. The number of carbonyl (C=O) groups is 1. The third-order valence-electron chi connectivity index (χ3n) is 3.25. The van der Waals surface area contributed by atoms with E-state index in [2.05, 4.69) is 43.5 Å². The van der Waals surface area contributed by atoms with Gasteiger partial charge in [0.1, 0.15) is 11.3 Å². The summed E-state index contributed by atoms with van der Waals surface area (Å²) in [6.07, 6.45) is 0. The van der Waals surface area contributed by atoms with E-state index in [0.29, 0.717) is 16.5 Å². The highest BCUT2D eigenvalue weighted by molar-refractivity contribution is 14.1. The molecule has 22 heavy (non-hydrogen) atoms. The fourth-order valence-electron chi connectivity index (χ4n) is 2.25. The monoisotopic (exact) mass is 469 g/mol. The van der Waals surface area contributed by atoms with Gasteiger partial charge in [0.2, 0.25) is 0 Å². The number of carboxylic acid groups (broad SMARTS) is 1. The van der Waals surface area contributed by atoms with E-state index in [4.69, 9.17) is 0 Å². The zero-order chi connectivity index (χ0) is 15.9. The van der Waals surface area contributed by atoms with E-state index in [0.717, 1.165) is 8.04 Å². The lowest BCUT2D eigenvalue weighted by Gasteiger charge is -2.11. The Kier molecular flexibility index (Phi) is 4.05. The second-order valence-electron chi connectivity index (χ2n) is 4.66. The van der Waals surface area contributed by atoms with Crippen molar-refractivity contribution in [3.63, 3.8) is 0 Å². The molecule has 0 atom stereocenters. The first-order valence-corrected chi connectivity index (χ1v) is 8.16. The third kappa shape index (κ3) is 2.68. The number of hydrogen-bond donors (Lipinski definition) is 2. The smallest absolute Gasteiger partial charge is 0.340 e. The van der Waals surface area contributed by atoms with Crippen molar-refractivity contribution in [2.24, 2.45) is 0 Å². The van der Waals surface area contributed by atoms with E-state index in [1.165, 1.54) is 0 Å². The molecule has 0 fully saturated rings. The average molecular weight is 470 g/mol. The number of benzene rings is 2. The van der Waals surface area contributed by atoms with Crippen molar-refractivity contribution >= 4 is 55.4 Å². The van der Waals surface area contributed by atoms with Gasteiger partial charge in [-0.3, -0.25) is 0 Å². The molecule has 2 N–H and O–H groups in total. The number of aromatic nitrogens is 1. The van der Waals surface area contributed by atoms with E-state index in [1.54, 1.807) is 30.3 Å². The molecule has 1 heterocycles. The van der Waals surface area contributed by atoms with Gasteiger partial charge in [-0.05, 0) is 52.9 Å². The molecule has 0 radical (unpaired) electrons. The first kappa shape index (κ1) is 15.2. The fourth-order valence-corrected chi connectivity index (χ4v) is 2.97. The van der Waals surface area contributed by atoms with E-state index in [-0.39, 0.29) is 17.0 Å². The summed E-state index contributed by atoms with van der Waals surface area (Å²) < 4.78 is 1.77. The van der Waals surface area contributed by atoms with Crippen molar-refractivity contribution in [2.75, 3.05) is 0 Å². The molecule has 0 amide bonds. The van der Waals surface area contributed by atoms with Gasteiger partial charge in [0.15, 0.2) is 5.75 Å². The number of rotatable bonds is 2. The van der Waals surface area contributed by atoms with Crippen molar-refractivity contribution in [1.29, 1.82) is 0 Å². The zero-order valence-corrected chi connectivity index (χ0v) is 14.8. The molecule has 0 bridgehead atoms. The summed E-state index contributed by atoms with van der Waals surface area (Å²) >= 11 is 5.49. The molecule has 0 saturated carbocycles. The van der Waals surface area contributed by atoms with Crippen molar-refractivity contribution in [3.05, 3.63) is 56.1 Å². The van der Waals surface area contributed by atoms with Crippen LogP contribution < -0.4 is 0 Å². The SMILES string of the molecule is O=C(O)c1c(O)c(-c2ccc(I)cc2)nc2ccc(Br)cc12. The number of nitrogens with zero attached hydrogens (tertiary/aromatic N) is 1. The topological polar surface area (TPSA) is 70.4 Å². The summed E-state index contributed by atoms with van der Waals surface area (Å²) in [7, 11) is 0. The van der Waals surface area contributed by atoms with Crippen LogP contribution in [-0.2, 0) is 0 Å². The highest BCUT2D eigenvalue weighted by atomic mass is 127. The largest absolute Gasteiger partial charge is 0.505 e. The van der Waals surface area contributed by atoms with Gasteiger partial charge in [-0.25, -0.2) is 9.78 Å². The van der Waals surface area contributed by atoms with E-state index in [1.807, 2.05) is 12.1 Å². The summed E-state index contributed by atoms with van der Waals surface area (Å²) in [5.74, 6) is -1.51. The molecule has 4 nitrogen and oxygen atoms in total. The van der Waals surface area contributed by atoms with Gasteiger partial charge in [-0.2, -0.15) is 0 Å². The van der Waals surface area contributed by atoms with Gasteiger partial charge < -0.3 is 10.2 Å². The molecular weight excluding hydrogens is 461 g/mol. The normalized spacial score (nSPS) is 10.8. The van der Waals surface area contributed by atoms with Crippen molar-refractivity contribution < 1.29 is 15.0 Å². The Morgan fingerprint density at radius 1 is 1.14 bits per heavy atom. The highest BCUT2D eigenvalue weighted by Crippen LogP contribution is 2.36. The van der Waals surface area contributed by atoms with Crippen LogP contribution in [0.2, 0.25) is 0 Å². The molecule has 0 spiro atoms. The molecule has 110 valence electrons. The number of aromatic hydroxyl groups is 1. The number of aromatic carboxylic acids is 1. The van der Waals surface area contributed by atoms with Gasteiger partial charge in [-0.1, -0.05) is 28.1 Å². The maximum absolute atomic E-state index is 11.6. The summed E-state index contributed by atoms with van der Waals surface area (Å²) in [5, 5.41) is 20.3. The van der Waals surface area contributed by atoms with E-state index >= 15 is 0 Å². The van der Waals surface area contributed by atoms with Gasteiger partial charge in [0, 0.05) is 19.0 Å². The highest BCUT2D eigenvalue weighted by Gasteiger charge is 2.20. The maximum atomic E-state index is 11.6. The van der Waals surface area contributed by atoms with Crippen molar-refractivity contribution in [3.8, 4) is 17.0 Å². The average Bonchev–Trinajstić information content (AvgIpc) is 2.47. The lowest BCUT2D eigenvalue weighted by molar-refractivity contribution is 0.0696. The molecule has 1 aromatic heterocycles. The lowest BCUT2D eigenvalue weighted by atomic mass is 10.0. The quantitative estimate of drug-likeness (QED) is 0.535. The molecule has 0 saturated heterocycles. The van der Waals surface area contributed by atoms with Crippen LogP contribution in [0.5, 0.6) is 5.75 Å². The fraction of sp³-hybridized carbons (Fsp3) is 0. The minimum atomic E-state index is -1.19. The summed E-state index contributed by atoms with van der Waals surface area (Å²) in [6.45, 7) is 0. The zero-order valence-electron chi connectivity index (χ0n) is 11.0. The van der Waals surface area contributed by atoms with E-state index in [9.17, 15) is 15.0 Å². The summed E-state index contributed by atoms with van der Waals surface area (Å²) in [6, 6.07) is 12.5. The van der Waals surface area contributed by atoms with Crippen LogP contribution in [0.4, 0.5) is 0 Å². The third-order valence-corrected chi connectivity index (χ3v) is 4.47. The van der Waals surface area contributed by atoms with Crippen LogP contribution in [0.1, 0.15) is 10.4 Å². The molecule has 6 heteroatoms. The van der Waals surface area contributed by atoms with Crippen molar-refractivity contribution in [1.82, 2.24) is 4.98 Å². The predicted molar refractivity (Wildman–Crippen MR) is 96.2 cm³/mol. The first-order valence-electron chi connectivity index (χ1n) is 6.29. The van der Waals surface area contributed by atoms with Gasteiger partial charge in [0.25, 0.3) is 0 Å². The van der Waals surface area contributed by atoms with Crippen LogP contribution in [0, 0.1) is 3.57 Å². The Hall–Kier alpha value is -1.67. The predicted octanol–water partition coefficient (Wildman–Crippen LogP) is 4.67. The second-order valence-corrected chi connectivity index (χ2v) is 6.82. The Bertz CT molecular complexity index is 894. The van der Waals surface area contributed by atoms with Crippen molar-refractivity contribution in [2.45, 2.75) is 0 Å². The lowest BCUT2D eigenvalue weighted by Crippen LogP contribution is -2.01. The number of hydrogen-bond acceptors (Lipinski definition) is 3. The van der Waals surface area contributed by atoms with Crippen LogP contribution in [0.25, 0.3) is 22.2 Å². The number of carboxylic acids is 1. The minimum absolute atomic E-state index is 0.139. The molecule has 3 rings (SSSR count). The standard InChI is InChI=1S/C16H9BrINO3/c17-9-3-6-12-11(7-9)13(16(21)22)15(20)14(19-12)8-1-4-10(18)5-2-8/h1-7,20H,(H,21,22). The van der Waals surface area contributed by atoms with Crippen LogP contribution in [0.15, 0.2) is 46.9 Å². The molecular formula is C16H9BrINO3. The molecule has 2 aromatic carbocycles. The maximum Gasteiger partial charge on any atom is 0.340 e. The Balaban J connectivity index is 2.37. The summed E-state index contributed by atoms with van der Waals surface area (Å²) in [4.78, 5) is 16.0. The number of halogens is 2. The first-order chi connectivity index (χ1) is 10.5. The number of fused-ring (bicyclic) bond motifs is 1. The molecule has 0 aliphatic carbocycles. The molecule has 0 aliphatic rings. The van der Waals surface area contributed by atoms with Crippen LogP contribution >= 0.6 is 38.5 Å². The minimum Gasteiger partial charge on any atom is -0.505 e. The van der Waals surface area contributed by atoms with Gasteiger partial charge in [-0.15, -0.1) is 0 Å². The van der Waals surface area contributed by atoms with Crippen LogP contribution in [0.3, 0.4) is 0 Å². The molecule has 3 aromatic rings.